The van der Waals surface area contributed by atoms with E-state index in [1.54, 1.807) is 6.20 Å². The van der Waals surface area contributed by atoms with Crippen molar-refractivity contribution in [1.29, 1.82) is 0 Å². The van der Waals surface area contributed by atoms with Crippen LogP contribution in [0.15, 0.2) is 43.0 Å². The highest BCUT2D eigenvalue weighted by Crippen LogP contribution is 2.28. The molecule has 4 heterocycles. The summed E-state index contributed by atoms with van der Waals surface area (Å²) >= 11 is 0. The fourth-order valence-electron chi connectivity index (χ4n) is 3.24. The van der Waals surface area contributed by atoms with Gasteiger partial charge in [-0.15, -0.1) is 0 Å². The maximum Gasteiger partial charge on any atom is 0.159 e. The molecule has 0 bridgehead atoms. The monoisotopic (exact) mass is 332 g/mol. The van der Waals surface area contributed by atoms with Crippen molar-refractivity contribution in [2.45, 2.75) is 32.8 Å². The van der Waals surface area contributed by atoms with Crippen LogP contribution in [0.2, 0.25) is 0 Å². The summed E-state index contributed by atoms with van der Waals surface area (Å²) in [7, 11) is 0. The predicted molar refractivity (Wildman–Crippen MR) is 99.2 cm³/mol. The lowest BCUT2D eigenvalue weighted by atomic mass is 10.0. The first-order valence-corrected chi connectivity index (χ1v) is 8.54. The van der Waals surface area contributed by atoms with Gasteiger partial charge >= 0.3 is 0 Å². The molecule has 0 amide bonds. The lowest BCUT2D eigenvalue weighted by molar-refractivity contribution is 0.161. The number of H-pyrrole nitrogens is 1. The Hall–Kier alpha value is -2.79. The second-order valence-electron chi connectivity index (χ2n) is 6.38. The Kier molecular flexibility index (Phi) is 3.93. The molecule has 0 unspecified atom stereocenters. The van der Waals surface area contributed by atoms with Gasteiger partial charge in [-0.1, -0.05) is 13.3 Å². The van der Waals surface area contributed by atoms with Crippen molar-refractivity contribution in [3.05, 3.63) is 54.2 Å². The molecular weight excluding hydrogens is 312 g/mol. The fraction of sp³-hybridized carbons (Fsp3) is 0.250. The van der Waals surface area contributed by atoms with E-state index in [2.05, 4.69) is 32.9 Å². The van der Waals surface area contributed by atoms with Crippen molar-refractivity contribution in [2.24, 2.45) is 0 Å². The zero-order valence-corrected chi connectivity index (χ0v) is 14.3. The van der Waals surface area contributed by atoms with Crippen LogP contribution in [0.5, 0.6) is 0 Å². The molecule has 4 aromatic heterocycles. The van der Waals surface area contributed by atoms with Crippen LogP contribution in [-0.4, -0.2) is 25.0 Å². The molecule has 4 rings (SSSR count). The third-order valence-corrected chi connectivity index (χ3v) is 4.60. The van der Waals surface area contributed by atoms with Crippen LogP contribution in [0, 0.1) is 6.92 Å². The van der Waals surface area contributed by atoms with Gasteiger partial charge in [-0.05, 0) is 37.1 Å². The number of fused-ring (bicyclic) bond motifs is 3. The minimum atomic E-state index is -0.499. The summed E-state index contributed by atoms with van der Waals surface area (Å²) in [6, 6.07) is 6.03. The van der Waals surface area contributed by atoms with Gasteiger partial charge in [0.05, 0.1) is 11.8 Å². The van der Waals surface area contributed by atoms with Crippen LogP contribution in [0.4, 0.5) is 0 Å². The Labute approximate surface area is 145 Å². The molecule has 5 heteroatoms. The average Bonchev–Trinajstić information content (AvgIpc) is 3.10. The Balaban J connectivity index is 1.77. The zero-order valence-electron chi connectivity index (χ0n) is 14.3. The fourth-order valence-corrected chi connectivity index (χ4v) is 3.24. The van der Waals surface area contributed by atoms with E-state index in [1.165, 1.54) is 0 Å². The average molecular weight is 332 g/mol. The lowest BCUT2D eigenvalue weighted by Crippen LogP contribution is -2.01. The van der Waals surface area contributed by atoms with Crippen LogP contribution in [-0.2, 0) is 0 Å². The minimum absolute atomic E-state index is 0.499. The van der Waals surface area contributed by atoms with Gasteiger partial charge in [-0.3, -0.25) is 4.98 Å². The molecule has 1 atom stereocenters. The number of aliphatic hydroxyl groups excluding tert-OH is 1. The maximum absolute atomic E-state index is 10.1. The molecule has 5 nitrogen and oxygen atoms in total. The molecule has 126 valence electrons. The van der Waals surface area contributed by atoms with Gasteiger partial charge in [-0.25, -0.2) is 9.97 Å². The SMILES string of the molecule is CCC[C@H](O)c1cc(C)c(-c2cc3cnc4nccc4c3c[nH]2)cn1. The smallest absolute Gasteiger partial charge is 0.159 e. The van der Waals surface area contributed by atoms with Gasteiger partial charge in [0.1, 0.15) is 0 Å². The maximum atomic E-state index is 10.1. The molecule has 4 aromatic rings. The van der Waals surface area contributed by atoms with E-state index in [0.717, 1.165) is 57.2 Å². The third-order valence-electron chi connectivity index (χ3n) is 4.60. The summed E-state index contributed by atoms with van der Waals surface area (Å²) in [6.07, 6.45) is 8.61. The zero-order chi connectivity index (χ0) is 17.4. The van der Waals surface area contributed by atoms with E-state index in [9.17, 15) is 5.11 Å². The summed E-state index contributed by atoms with van der Waals surface area (Å²) < 4.78 is 0. The summed E-state index contributed by atoms with van der Waals surface area (Å²) in [5.41, 5.74) is 4.58. The number of aromatic nitrogens is 4. The number of nitrogens with one attached hydrogen (secondary N) is 1. The van der Waals surface area contributed by atoms with Crippen molar-refractivity contribution < 1.29 is 5.11 Å². The van der Waals surface area contributed by atoms with E-state index < -0.39 is 6.10 Å². The van der Waals surface area contributed by atoms with Crippen LogP contribution in [0.3, 0.4) is 0 Å². The first-order chi connectivity index (χ1) is 12.2. The van der Waals surface area contributed by atoms with Crippen LogP contribution in [0.1, 0.15) is 37.1 Å². The second kappa shape index (κ2) is 6.26. The number of aliphatic hydroxyl groups is 1. The highest BCUT2D eigenvalue weighted by molar-refractivity contribution is 6.04. The highest BCUT2D eigenvalue weighted by Gasteiger charge is 2.12. The van der Waals surface area contributed by atoms with Crippen LogP contribution >= 0.6 is 0 Å². The molecule has 25 heavy (non-hydrogen) atoms. The molecule has 0 fully saturated rings. The van der Waals surface area contributed by atoms with Gasteiger partial charge in [-0.2, -0.15) is 0 Å². The quantitative estimate of drug-likeness (QED) is 0.584. The number of pyridine rings is 3. The van der Waals surface area contributed by atoms with Crippen molar-refractivity contribution in [3.8, 4) is 11.3 Å². The molecule has 0 aliphatic rings. The molecule has 0 radical (unpaired) electrons. The number of aromatic amines is 1. The van der Waals surface area contributed by atoms with E-state index in [-0.39, 0.29) is 0 Å². The van der Waals surface area contributed by atoms with E-state index in [0.29, 0.717) is 0 Å². The predicted octanol–water partition coefficient (Wildman–Crippen LogP) is 4.32. The molecule has 0 spiro atoms. The molecule has 0 aliphatic carbocycles. The van der Waals surface area contributed by atoms with Crippen molar-refractivity contribution >= 4 is 21.8 Å². The highest BCUT2D eigenvalue weighted by atomic mass is 16.3. The van der Waals surface area contributed by atoms with Crippen molar-refractivity contribution in [1.82, 2.24) is 19.9 Å². The first kappa shape index (κ1) is 15.7. The number of nitrogens with zero attached hydrogens (tertiary/aromatic N) is 3. The third kappa shape index (κ3) is 2.76. The van der Waals surface area contributed by atoms with Crippen molar-refractivity contribution in [2.75, 3.05) is 0 Å². The number of hydrogen-bond acceptors (Lipinski definition) is 4. The van der Waals surface area contributed by atoms with Gasteiger partial charge in [0, 0.05) is 52.2 Å². The minimum Gasteiger partial charge on any atom is -0.387 e. The topological polar surface area (TPSA) is 74.7 Å². The van der Waals surface area contributed by atoms with Gasteiger partial charge < -0.3 is 10.1 Å². The summed E-state index contributed by atoms with van der Waals surface area (Å²) in [5, 5.41) is 13.4. The Morgan fingerprint density at radius 3 is 2.80 bits per heavy atom. The number of rotatable bonds is 4. The van der Waals surface area contributed by atoms with Gasteiger partial charge in [0.2, 0.25) is 0 Å². The molecule has 0 aliphatic heterocycles. The van der Waals surface area contributed by atoms with E-state index in [1.807, 2.05) is 37.6 Å². The summed E-state index contributed by atoms with van der Waals surface area (Å²) in [5.74, 6) is 0. The standard InChI is InChI=1S/C20H20N4O/c1-3-4-19(25)18-7-12(2)15(10-23-18)17-8-13-9-24-20-14(5-6-21-20)16(13)11-22-17/h5-11,19,22,25H,3-4H2,1-2H3/t19-/m0/s1. The summed E-state index contributed by atoms with van der Waals surface area (Å²) in [4.78, 5) is 16.5. The van der Waals surface area contributed by atoms with Gasteiger partial charge in [0.15, 0.2) is 5.65 Å². The van der Waals surface area contributed by atoms with Crippen LogP contribution in [0.25, 0.3) is 33.1 Å². The molecule has 2 N–H and O–H groups in total. The molecular formula is C20H20N4O. The normalized spacial score (nSPS) is 12.8. The van der Waals surface area contributed by atoms with E-state index in [4.69, 9.17) is 0 Å². The van der Waals surface area contributed by atoms with E-state index >= 15 is 0 Å². The van der Waals surface area contributed by atoms with Crippen LogP contribution < -0.4 is 0 Å². The largest absolute Gasteiger partial charge is 0.387 e. The summed E-state index contributed by atoms with van der Waals surface area (Å²) in [6.45, 7) is 4.10. The Bertz CT molecular complexity index is 1050. The lowest BCUT2D eigenvalue weighted by Gasteiger charge is -2.13. The molecule has 0 saturated heterocycles. The molecule has 0 aromatic carbocycles. The Morgan fingerprint density at radius 2 is 2.00 bits per heavy atom. The van der Waals surface area contributed by atoms with Crippen molar-refractivity contribution in [3.63, 3.8) is 0 Å². The van der Waals surface area contributed by atoms with Gasteiger partial charge in [0.25, 0.3) is 0 Å². The molecule has 0 saturated carbocycles. The first-order valence-electron chi connectivity index (χ1n) is 8.54. The Morgan fingerprint density at radius 1 is 1.12 bits per heavy atom. The second-order valence-corrected chi connectivity index (χ2v) is 6.38. The number of aryl methyl sites for hydroxylation is 1. The number of hydrogen-bond donors (Lipinski definition) is 2.